The number of nitrogens with zero attached hydrogens (tertiary/aromatic N) is 1. The lowest BCUT2D eigenvalue weighted by Gasteiger charge is -2.35. The van der Waals surface area contributed by atoms with Crippen molar-refractivity contribution in [3.05, 3.63) is 71.0 Å². The van der Waals surface area contributed by atoms with Crippen molar-refractivity contribution in [3.63, 3.8) is 0 Å². The van der Waals surface area contributed by atoms with E-state index in [1.54, 1.807) is 36.2 Å². The molecule has 1 aliphatic heterocycles. The van der Waals surface area contributed by atoms with Crippen molar-refractivity contribution in [2.24, 2.45) is 0 Å². The van der Waals surface area contributed by atoms with Gasteiger partial charge in [0.25, 0.3) is 0 Å². The number of amides is 2. The van der Waals surface area contributed by atoms with Crippen LogP contribution in [0.1, 0.15) is 40.4 Å². The number of carbonyl (C=O) groups is 2. The van der Waals surface area contributed by atoms with Gasteiger partial charge in [0.15, 0.2) is 0 Å². The molecule has 1 fully saturated rings. The number of nitrogens with one attached hydrogen (secondary N) is 1. The lowest BCUT2D eigenvalue weighted by atomic mass is 9.96. The number of rotatable bonds is 5. The Bertz CT molecular complexity index is 823. The monoisotopic (exact) mass is 386 g/mol. The van der Waals surface area contributed by atoms with Crippen molar-refractivity contribution < 1.29 is 23.8 Å². The molecule has 2 N–H and O–H groups in total. The molecule has 7 heteroatoms. The second kappa shape index (κ2) is 8.84. The van der Waals surface area contributed by atoms with E-state index in [-0.39, 0.29) is 29.6 Å². The summed E-state index contributed by atoms with van der Waals surface area (Å²) in [7, 11) is 1.75. The summed E-state index contributed by atoms with van der Waals surface area (Å²) in [5.74, 6) is -1.27. The molecule has 6 nitrogen and oxygen atoms in total. The highest BCUT2D eigenvalue weighted by Crippen LogP contribution is 2.30. The third-order valence-corrected chi connectivity index (χ3v) is 5.01. The number of ether oxygens (including phenoxy) is 1. The fraction of sp³-hybridized carbons (Fsp3) is 0.333. The van der Waals surface area contributed by atoms with Crippen LogP contribution < -0.4 is 5.32 Å². The van der Waals surface area contributed by atoms with Gasteiger partial charge in [-0.25, -0.2) is 14.0 Å². The normalized spacial score (nSPS) is 19.1. The van der Waals surface area contributed by atoms with Gasteiger partial charge in [0.2, 0.25) is 0 Å². The molecule has 0 aromatic heterocycles. The Morgan fingerprint density at radius 2 is 1.86 bits per heavy atom. The van der Waals surface area contributed by atoms with Crippen molar-refractivity contribution >= 4 is 12.0 Å². The number of aromatic carboxylic acids is 1. The molecule has 0 aliphatic carbocycles. The van der Waals surface area contributed by atoms with E-state index in [9.17, 15) is 14.0 Å². The van der Waals surface area contributed by atoms with E-state index in [0.29, 0.717) is 19.6 Å². The summed E-state index contributed by atoms with van der Waals surface area (Å²) in [5.41, 5.74) is 1.93. The van der Waals surface area contributed by atoms with Crippen LogP contribution in [0.15, 0.2) is 48.5 Å². The molecule has 2 amide bonds. The number of carboxylic acids is 1. The van der Waals surface area contributed by atoms with Gasteiger partial charge >= 0.3 is 12.0 Å². The molecular weight excluding hydrogens is 363 g/mol. The maximum Gasteiger partial charge on any atom is 0.335 e. The molecule has 3 rings (SSSR count). The minimum absolute atomic E-state index is 0.0122. The van der Waals surface area contributed by atoms with E-state index in [1.807, 2.05) is 0 Å². The highest BCUT2D eigenvalue weighted by molar-refractivity contribution is 5.87. The first kappa shape index (κ1) is 19.8. The minimum Gasteiger partial charge on any atom is -0.478 e. The molecule has 2 aromatic carbocycles. The molecule has 1 heterocycles. The first-order valence-corrected chi connectivity index (χ1v) is 9.14. The Morgan fingerprint density at radius 3 is 2.50 bits per heavy atom. The summed E-state index contributed by atoms with van der Waals surface area (Å²) in [6, 6.07) is 12.4. The molecule has 0 saturated carbocycles. The Labute approximate surface area is 162 Å². The largest absolute Gasteiger partial charge is 0.478 e. The molecule has 1 saturated heterocycles. The van der Waals surface area contributed by atoms with Gasteiger partial charge in [-0.15, -0.1) is 0 Å². The summed E-state index contributed by atoms with van der Waals surface area (Å²) >= 11 is 0. The molecule has 148 valence electrons. The predicted octanol–water partition coefficient (Wildman–Crippen LogP) is 3.59. The van der Waals surface area contributed by atoms with E-state index in [0.717, 1.165) is 17.5 Å². The molecule has 2 aromatic rings. The molecular formula is C21H23FN2O4. The van der Waals surface area contributed by atoms with Crippen LogP contribution >= 0.6 is 0 Å². The lowest BCUT2D eigenvalue weighted by Crippen LogP contribution is -2.46. The topological polar surface area (TPSA) is 78.9 Å². The summed E-state index contributed by atoms with van der Waals surface area (Å²) in [6.07, 6.45) is 1.20. The van der Waals surface area contributed by atoms with Crippen molar-refractivity contribution in [1.82, 2.24) is 10.2 Å². The predicted molar refractivity (Wildman–Crippen MR) is 102 cm³/mol. The third-order valence-electron chi connectivity index (χ3n) is 5.01. The van der Waals surface area contributed by atoms with Crippen LogP contribution in [-0.2, 0) is 11.3 Å². The van der Waals surface area contributed by atoms with Gasteiger partial charge in [-0.2, -0.15) is 0 Å². The zero-order valence-electron chi connectivity index (χ0n) is 15.6. The van der Waals surface area contributed by atoms with E-state index in [2.05, 4.69) is 5.32 Å². The van der Waals surface area contributed by atoms with Crippen LogP contribution in [0, 0.1) is 5.82 Å². The Balaban J connectivity index is 1.54. The standard InChI is InChI=1S/C21H23FN2O4/c1-24(21(27)23-13-14-2-4-16(5-3-14)20(25)26)18-10-11-28-19(12-18)15-6-8-17(22)9-7-15/h2-9,18-19H,10-13H2,1H3,(H,23,27)(H,25,26). The Kier molecular flexibility index (Phi) is 6.26. The van der Waals surface area contributed by atoms with Crippen LogP contribution in [0.25, 0.3) is 0 Å². The van der Waals surface area contributed by atoms with Crippen molar-refractivity contribution in [3.8, 4) is 0 Å². The molecule has 0 bridgehead atoms. The van der Waals surface area contributed by atoms with Crippen LogP contribution in [0.2, 0.25) is 0 Å². The first-order chi connectivity index (χ1) is 13.4. The summed E-state index contributed by atoms with van der Waals surface area (Å²) in [4.78, 5) is 25.1. The quantitative estimate of drug-likeness (QED) is 0.823. The summed E-state index contributed by atoms with van der Waals surface area (Å²) in [6.45, 7) is 0.842. The number of urea groups is 1. The fourth-order valence-electron chi connectivity index (χ4n) is 3.27. The third kappa shape index (κ3) is 4.86. The van der Waals surface area contributed by atoms with Crippen molar-refractivity contribution in [1.29, 1.82) is 0 Å². The SMILES string of the molecule is CN(C(=O)NCc1ccc(C(=O)O)cc1)C1CCOC(c2ccc(F)cc2)C1. The van der Waals surface area contributed by atoms with Crippen molar-refractivity contribution in [2.75, 3.05) is 13.7 Å². The lowest BCUT2D eigenvalue weighted by molar-refractivity contribution is -0.0161. The second-order valence-electron chi connectivity index (χ2n) is 6.86. The number of halogens is 1. The van der Waals surface area contributed by atoms with Crippen LogP contribution in [0.3, 0.4) is 0 Å². The van der Waals surface area contributed by atoms with E-state index in [4.69, 9.17) is 9.84 Å². The number of carbonyl (C=O) groups excluding carboxylic acids is 1. The molecule has 0 spiro atoms. The van der Waals surface area contributed by atoms with Gasteiger partial charge in [0.1, 0.15) is 5.82 Å². The van der Waals surface area contributed by atoms with Crippen LogP contribution in [0.4, 0.5) is 9.18 Å². The number of hydrogen-bond donors (Lipinski definition) is 2. The maximum absolute atomic E-state index is 13.1. The molecule has 2 atom stereocenters. The van der Waals surface area contributed by atoms with Gasteiger partial charge in [-0.1, -0.05) is 24.3 Å². The maximum atomic E-state index is 13.1. The molecule has 28 heavy (non-hydrogen) atoms. The minimum atomic E-state index is -0.981. The van der Waals surface area contributed by atoms with Gasteiger partial charge in [0.05, 0.1) is 11.7 Å². The average molecular weight is 386 g/mol. The smallest absolute Gasteiger partial charge is 0.335 e. The zero-order valence-corrected chi connectivity index (χ0v) is 15.6. The highest BCUT2D eigenvalue weighted by Gasteiger charge is 2.28. The zero-order chi connectivity index (χ0) is 20.1. The first-order valence-electron chi connectivity index (χ1n) is 9.14. The fourth-order valence-corrected chi connectivity index (χ4v) is 3.27. The van der Waals surface area contributed by atoms with E-state index < -0.39 is 5.97 Å². The van der Waals surface area contributed by atoms with Crippen LogP contribution in [0.5, 0.6) is 0 Å². The van der Waals surface area contributed by atoms with Gasteiger partial charge in [-0.3, -0.25) is 0 Å². The summed E-state index contributed by atoms with van der Waals surface area (Å²) < 4.78 is 18.9. The van der Waals surface area contributed by atoms with E-state index in [1.165, 1.54) is 24.3 Å². The van der Waals surface area contributed by atoms with Gasteiger partial charge < -0.3 is 20.1 Å². The van der Waals surface area contributed by atoms with Crippen molar-refractivity contribution in [2.45, 2.75) is 31.5 Å². The molecule has 2 unspecified atom stereocenters. The summed E-state index contributed by atoms with van der Waals surface area (Å²) in [5, 5.41) is 11.8. The molecule has 1 aliphatic rings. The van der Waals surface area contributed by atoms with Gasteiger partial charge in [0, 0.05) is 26.2 Å². The van der Waals surface area contributed by atoms with E-state index >= 15 is 0 Å². The molecule has 0 radical (unpaired) electrons. The highest BCUT2D eigenvalue weighted by atomic mass is 19.1. The van der Waals surface area contributed by atoms with Gasteiger partial charge in [-0.05, 0) is 48.2 Å². The Morgan fingerprint density at radius 1 is 1.18 bits per heavy atom. The number of carboxylic acid groups (broad SMARTS) is 1. The number of benzene rings is 2. The van der Waals surface area contributed by atoms with Crippen LogP contribution in [-0.4, -0.2) is 41.7 Å². The number of hydrogen-bond acceptors (Lipinski definition) is 3. The Hall–Kier alpha value is -2.93. The average Bonchev–Trinajstić information content (AvgIpc) is 2.72. The second-order valence-corrected chi connectivity index (χ2v) is 6.86.